The molecule has 1 heterocycles. The first kappa shape index (κ1) is 17.2. The lowest BCUT2D eigenvalue weighted by Crippen LogP contribution is -2.04. The van der Waals surface area contributed by atoms with Gasteiger partial charge in [0, 0.05) is 12.5 Å². The van der Waals surface area contributed by atoms with E-state index in [0.29, 0.717) is 11.6 Å². The number of sulfone groups is 1. The summed E-state index contributed by atoms with van der Waals surface area (Å²) in [6, 6.07) is 3.70. The predicted molar refractivity (Wildman–Crippen MR) is 87.7 cm³/mol. The summed E-state index contributed by atoms with van der Waals surface area (Å²) in [6.45, 7) is 3.92. The van der Waals surface area contributed by atoms with Gasteiger partial charge in [-0.1, -0.05) is 6.92 Å². The first-order chi connectivity index (χ1) is 10.8. The number of nitrogens with one attached hydrogen (secondary N) is 1. The third kappa shape index (κ3) is 3.61. The van der Waals surface area contributed by atoms with Crippen LogP contribution in [0.5, 0.6) is 5.75 Å². The number of methoxy groups -OCH3 is 1. The lowest BCUT2D eigenvalue weighted by molar-refractivity contribution is 0.411. The second-order valence-electron chi connectivity index (χ2n) is 5.18. The topological polar surface area (TPSA) is 68.3 Å². The first-order valence-corrected chi connectivity index (χ1v) is 8.96. The zero-order valence-electron chi connectivity index (χ0n) is 13.5. The van der Waals surface area contributed by atoms with Crippen LogP contribution in [0.3, 0.4) is 0 Å². The van der Waals surface area contributed by atoms with E-state index in [2.05, 4.69) is 10.3 Å². The lowest BCUT2D eigenvalue weighted by atomic mass is 10.1. The SMILES string of the molecule is CCc1cnc(Nc2ccc(S(C)(=O)=O)cc2F)c(OC)c1C. The number of rotatable bonds is 5. The number of aryl methyl sites for hydroxylation is 1. The van der Waals surface area contributed by atoms with E-state index < -0.39 is 15.7 Å². The molecule has 1 N–H and O–H groups in total. The zero-order valence-corrected chi connectivity index (χ0v) is 14.3. The maximum absolute atomic E-state index is 14.2. The van der Waals surface area contributed by atoms with Gasteiger partial charge in [0.05, 0.1) is 17.7 Å². The molecule has 0 radical (unpaired) electrons. The van der Waals surface area contributed by atoms with Gasteiger partial charge >= 0.3 is 0 Å². The molecule has 7 heteroatoms. The molecule has 0 unspecified atom stereocenters. The summed E-state index contributed by atoms with van der Waals surface area (Å²) in [5.41, 5.74) is 2.10. The molecule has 1 aromatic carbocycles. The summed E-state index contributed by atoms with van der Waals surface area (Å²) in [7, 11) is -1.93. The normalized spacial score (nSPS) is 11.3. The maximum Gasteiger partial charge on any atom is 0.175 e. The summed E-state index contributed by atoms with van der Waals surface area (Å²) in [6.07, 6.45) is 3.56. The zero-order chi connectivity index (χ0) is 17.2. The average molecular weight is 338 g/mol. The Morgan fingerprint density at radius 2 is 2.04 bits per heavy atom. The van der Waals surface area contributed by atoms with Crippen molar-refractivity contribution in [2.75, 3.05) is 18.7 Å². The van der Waals surface area contributed by atoms with Crippen LogP contribution < -0.4 is 10.1 Å². The monoisotopic (exact) mass is 338 g/mol. The number of benzene rings is 1. The number of anilines is 2. The number of nitrogens with zero attached hydrogens (tertiary/aromatic N) is 1. The minimum atomic E-state index is -3.45. The Labute approximate surface area is 135 Å². The van der Waals surface area contributed by atoms with Crippen LogP contribution in [0.2, 0.25) is 0 Å². The summed E-state index contributed by atoms with van der Waals surface area (Å²) in [5.74, 6) is 0.248. The molecule has 0 saturated carbocycles. The fraction of sp³-hybridized carbons (Fsp3) is 0.312. The first-order valence-electron chi connectivity index (χ1n) is 7.07. The van der Waals surface area contributed by atoms with Gasteiger partial charge < -0.3 is 10.1 Å². The van der Waals surface area contributed by atoms with Crippen molar-refractivity contribution >= 4 is 21.3 Å². The number of ether oxygens (including phenoxy) is 1. The summed E-state index contributed by atoms with van der Waals surface area (Å²) < 4.78 is 42.4. The van der Waals surface area contributed by atoms with E-state index in [4.69, 9.17) is 4.74 Å². The standard InChI is InChI=1S/C16H19FN2O3S/c1-5-11-9-18-16(15(22-3)10(11)2)19-14-7-6-12(8-13(14)17)23(4,20)21/h6-9H,5H2,1-4H3,(H,18,19). The molecule has 2 rings (SSSR count). The number of hydrogen-bond donors (Lipinski definition) is 1. The molecular weight excluding hydrogens is 319 g/mol. The van der Waals surface area contributed by atoms with E-state index in [1.807, 2.05) is 13.8 Å². The van der Waals surface area contributed by atoms with Crippen LogP contribution >= 0.6 is 0 Å². The highest BCUT2D eigenvalue weighted by Gasteiger charge is 2.15. The van der Waals surface area contributed by atoms with E-state index in [1.165, 1.54) is 19.2 Å². The molecule has 0 atom stereocenters. The van der Waals surface area contributed by atoms with Crippen molar-refractivity contribution in [3.63, 3.8) is 0 Å². The van der Waals surface area contributed by atoms with Gasteiger partial charge in [-0.2, -0.15) is 0 Å². The molecule has 5 nitrogen and oxygen atoms in total. The Morgan fingerprint density at radius 3 is 2.57 bits per heavy atom. The Bertz CT molecular complexity index is 835. The van der Waals surface area contributed by atoms with Gasteiger partial charge in [-0.3, -0.25) is 0 Å². The van der Waals surface area contributed by atoms with Crippen molar-refractivity contribution in [2.24, 2.45) is 0 Å². The van der Waals surface area contributed by atoms with E-state index >= 15 is 0 Å². The molecule has 1 aromatic heterocycles. The van der Waals surface area contributed by atoms with Crippen molar-refractivity contribution < 1.29 is 17.5 Å². The summed E-state index contributed by atoms with van der Waals surface area (Å²) >= 11 is 0. The number of aromatic nitrogens is 1. The van der Waals surface area contributed by atoms with Crippen LogP contribution in [-0.2, 0) is 16.3 Å². The van der Waals surface area contributed by atoms with Gasteiger partial charge in [0.1, 0.15) is 5.82 Å². The van der Waals surface area contributed by atoms with Crippen molar-refractivity contribution in [2.45, 2.75) is 25.2 Å². The fourth-order valence-corrected chi connectivity index (χ4v) is 2.90. The van der Waals surface area contributed by atoms with Gasteiger partial charge in [-0.15, -0.1) is 0 Å². The van der Waals surface area contributed by atoms with Gasteiger partial charge in [-0.05, 0) is 42.7 Å². The maximum atomic E-state index is 14.2. The Balaban J connectivity index is 2.42. The van der Waals surface area contributed by atoms with E-state index in [9.17, 15) is 12.8 Å². The van der Waals surface area contributed by atoms with Crippen LogP contribution in [-0.4, -0.2) is 26.8 Å². The Hall–Kier alpha value is -2.15. The average Bonchev–Trinajstić information content (AvgIpc) is 2.48. The molecule has 0 bridgehead atoms. The number of hydrogen-bond acceptors (Lipinski definition) is 5. The molecule has 23 heavy (non-hydrogen) atoms. The largest absolute Gasteiger partial charge is 0.493 e. The number of pyridine rings is 1. The Kier molecular flexibility index (Phi) is 4.89. The van der Waals surface area contributed by atoms with Crippen LogP contribution in [0.1, 0.15) is 18.1 Å². The van der Waals surface area contributed by atoms with Crippen LogP contribution in [0, 0.1) is 12.7 Å². The van der Waals surface area contributed by atoms with Gasteiger partial charge in [0.25, 0.3) is 0 Å². The van der Waals surface area contributed by atoms with E-state index in [-0.39, 0.29) is 10.6 Å². The second kappa shape index (κ2) is 6.54. The molecule has 0 amide bonds. The van der Waals surface area contributed by atoms with Crippen LogP contribution in [0.4, 0.5) is 15.9 Å². The van der Waals surface area contributed by atoms with Crippen LogP contribution in [0.25, 0.3) is 0 Å². The molecule has 0 saturated heterocycles. The molecule has 0 aliphatic heterocycles. The highest BCUT2D eigenvalue weighted by molar-refractivity contribution is 7.90. The quantitative estimate of drug-likeness (QED) is 0.906. The van der Waals surface area contributed by atoms with E-state index in [1.54, 1.807) is 6.20 Å². The Morgan fingerprint density at radius 1 is 1.35 bits per heavy atom. The smallest absolute Gasteiger partial charge is 0.175 e. The van der Waals surface area contributed by atoms with Crippen molar-refractivity contribution in [1.29, 1.82) is 0 Å². The highest BCUT2D eigenvalue weighted by atomic mass is 32.2. The minimum absolute atomic E-state index is 0.0713. The molecule has 0 fully saturated rings. The highest BCUT2D eigenvalue weighted by Crippen LogP contribution is 2.32. The second-order valence-corrected chi connectivity index (χ2v) is 7.20. The summed E-state index contributed by atoms with van der Waals surface area (Å²) in [5, 5.41) is 2.86. The third-order valence-corrected chi connectivity index (χ3v) is 4.70. The van der Waals surface area contributed by atoms with Gasteiger partial charge in [0.2, 0.25) is 0 Å². The molecule has 0 aliphatic rings. The fourth-order valence-electron chi connectivity index (χ4n) is 2.27. The van der Waals surface area contributed by atoms with Gasteiger partial charge in [0.15, 0.2) is 21.4 Å². The van der Waals surface area contributed by atoms with Crippen molar-refractivity contribution in [3.8, 4) is 5.75 Å². The van der Waals surface area contributed by atoms with Crippen molar-refractivity contribution in [1.82, 2.24) is 4.98 Å². The molecule has 0 spiro atoms. The summed E-state index contributed by atoms with van der Waals surface area (Å²) in [4.78, 5) is 4.20. The molecule has 0 aliphatic carbocycles. The third-order valence-electron chi connectivity index (χ3n) is 3.59. The van der Waals surface area contributed by atoms with Crippen LogP contribution in [0.15, 0.2) is 29.3 Å². The lowest BCUT2D eigenvalue weighted by Gasteiger charge is -2.15. The molecular formula is C16H19FN2O3S. The predicted octanol–water partition coefficient (Wildman–Crippen LogP) is 3.25. The van der Waals surface area contributed by atoms with E-state index in [0.717, 1.165) is 29.9 Å². The number of halogens is 1. The minimum Gasteiger partial charge on any atom is -0.493 e. The van der Waals surface area contributed by atoms with Gasteiger partial charge in [-0.25, -0.2) is 17.8 Å². The molecule has 124 valence electrons. The molecule has 2 aromatic rings. The van der Waals surface area contributed by atoms with Crippen molar-refractivity contribution in [3.05, 3.63) is 41.3 Å².